The quantitative estimate of drug-likeness (QED) is 0.589. The van der Waals surface area contributed by atoms with Crippen molar-refractivity contribution in [3.05, 3.63) is 54.4 Å². The molecular weight excluding hydrogens is 382 g/mol. The van der Waals surface area contributed by atoms with Gasteiger partial charge in [-0.3, -0.25) is 14.3 Å². The van der Waals surface area contributed by atoms with Crippen LogP contribution in [-0.2, 0) is 4.79 Å². The Morgan fingerprint density at radius 3 is 2.62 bits per heavy atom. The first kappa shape index (κ1) is 19.6. The second-order valence-corrected chi connectivity index (χ2v) is 8.30. The van der Waals surface area contributed by atoms with Crippen molar-refractivity contribution in [2.45, 2.75) is 50.2 Å². The smallest absolute Gasteiger partial charge is 0.234 e. The van der Waals surface area contributed by atoms with Crippen LogP contribution < -0.4 is 5.32 Å². The van der Waals surface area contributed by atoms with E-state index in [4.69, 9.17) is 0 Å². The lowest BCUT2D eigenvalue weighted by Gasteiger charge is -2.25. The number of aryl methyl sites for hydroxylation is 1. The molecule has 7 heteroatoms. The molecule has 0 saturated heterocycles. The third kappa shape index (κ3) is 4.67. The molecule has 0 unspecified atom stereocenters. The second-order valence-electron chi connectivity index (χ2n) is 7.36. The van der Waals surface area contributed by atoms with Gasteiger partial charge in [0, 0.05) is 29.7 Å². The van der Waals surface area contributed by atoms with Gasteiger partial charge in [-0.05, 0) is 43.5 Å². The molecule has 4 rings (SSSR count). The van der Waals surface area contributed by atoms with Gasteiger partial charge in [0.15, 0.2) is 11.0 Å². The molecule has 1 aromatic carbocycles. The fourth-order valence-corrected chi connectivity index (χ4v) is 4.58. The van der Waals surface area contributed by atoms with Gasteiger partial charge in [-0.2, -0.15) is 0 Å². The number of anilines is 1. The number of rotatable bonds is 6. The maximum atomic E-state index is 12.5. The van der Waals surface area contributed by atoms with Crippen molar-refractivity contribution in [1.29, 1.82) is 0 Å². The largest absolute Gasteiger partial charge is 0.325 e. The minimum Gasteiger partial charge on any atom is -0.325 e. The minimum atomic E-state index is -0.0343. The molecule has 29 heavy (non-hydrogen) atoms. The van der Waals surface area contributed by atoms with Gasteiger partial charge in [-0.1, -0.05) is 49.2 Å². The number of aromatic nitrogens is 4. The third-order valence-electron chi connectivity index (χ3n) is 5.29. The van der Waals surface area contributed by atoms with Crippen LogP contribution in [0.4, 0.5) is 5.69 Å². The van der Waals surface area contributed by atoms with Crippen LogP contribution in [0.1, 0.15) is 43.7 Å². The van der Waals surface area contributed by atoms with Crippen molar-refractivity contribution in [3.8, 4) is 11.4 Å². The van der Waals surface area contributed by atoms with E-state index in [1.165, 1.54) is 31.0 Å². The molecular formula is C22H25N5OS. The lowest BCUT2D eigenvalue weighted by atomic mass is 9.95. The highest BCUT2D eigenvalue weighted by Gasteiger charge is 2.24. The summed E-state index contributed by atoms with van der Waals surface area (Å²) in [6, 6.07) is 12.1. The normalized spacial score (nSPS) is 14.7. The molecule has 1 N–H and O–H groups in total. The Morgan fingerprint density at radius 2 is 1.86 bits per heavy atom. The van der Waals surface area contributed by atoms with Crippen LogP contribution in [0.2, 0.25) is 0 Å². The molecule has 150 valence electrons. The molecule has 6 nitrogen and oxygen atoms in total. The van der Waals surface area contributed by atoms with Crippen LogP contribution >= 0.6 is 11.8 Å². The minimum absolute atomic E-state index is 0.0343. The number of carbonyl (C=O) groups excluding carboxylic acids is 1. The first-order valence-electron chi connectivity index (χ1n) is 10.1. The van der Waals surface area contributed by atoms with Gasteiger partial charge in [0.1, 0.15) is 0 Å². The van der Waals surface area contributed by atoms with Crippen molar-refractivity contribution in [2.24, 2.45) is 0 Å². The summed E-state index contributed by atoms with van der Waals surface area (Å²) in [6.45, 7) is 1.99. The summed E-state index contributed by atoms with van der Waals surface area (Å²) in [5.74, 6) is 1.13. The van der Waals surface area contributed by atoms with Crippen LogP contribution in [0.3, 0.4) is 0 Å². The van der Waals surface area contributed by atoms with E-state index < -0.39 is 0 Å². The Morgan fingerprint density at radius 1 is 1.10 bits per heavy atom. The van der Waals surface area contributed by atoms with E-state index >= 15 is 0 Å². The van der Waals surface area contributed by atoms with Gasteiger partial charge in [-0.25, -0.2) is 0 Å². The van der Waals surface area contributed by atoms with Gasteiger partial charge < -0.3 is 5.32 Å². The lowest BCUT2D eigenvalue weighted by molar-refractivity contribution is -0.113. The molecule has 0 radical (unpaired) electrons. The standard InChI is InChI=1S/C22H25N5OS/c1-16-7-5-6-10-19(16)24-20(28)15-29-22-26-25-21(17-11-13-23-14-12-17)27(22)18-8-3-2-4-9-18/h5-7,10-14,18H,2-4,8-9,15H2,1H3,(H,24,28). The summed E-state index contributed by atoms with van der Waals surface area (Å²) in [5.41, 5.74) is 2.91. The van der Waals surface area contributed by atoms with E-state index in [2.05, 4.69) is 25.1 Å². The Labute approximate surface area is 175 Å². The van der Waals surface area contributed by atoms with E-state index in [-0.39, 0.29) is 5.91 Å². The van der Waals surface area contributed by atoms with Crippen LogP contribution in [0.5, 0.6) is 0 Å². The summed E-state index contributed by atoms with van der Waals surface area (Å²) in [7, 11) is 0. The molecule has 1 fully saturated rings. The average molecular weight is 408 g/mol. The maximum Gasteiger partial charge on any atom is 0.234 e. The summed E-state index contributed by atoms with van der Waals surface area (Å²) < 4.78 is 2.24. The average Bonchev–Trinajstić information content (AvgIpc) is 3.19. The van der Waals surface area contributed by atoms with Crippen LogP contribution in [-0.4, -0.2) is 31.4 Å². The number of hydrogen-bond acceptors (Lipinski definition) is 5. The van der Waals surface area contributed by atoms with Gasteiger partial charge in [0.25, 0.3) is 0 Å². The molecule has 1 aliphatic rings. The monoisotopic (exact) mass is 407 g/mol. The Bertz CT molecular complexity index is 966. The van der Waals surface area contributed by atoms with Gasteiger partial charge in [0.2, 0.25) is 5.91 Å². The van der Waals surface area contributed by atoms with Crippen molar-refractivity contribution in [2.75, 3.05) is 11.1 Å². The third-order valence-corrected chi connectivity index (χ3v) is 6.24. The van der Waals surface area contributed by atoms with E-state index in [0.29, 0.717) is 11.8 Å². The highest BCUT2D eigenvalue weighted by atomic mass is 32.2. The number of pyridine rings is 1. The van der Waals surface area contributed by atoms with E-state index in [9.17, 15) is 4.79 Å². The van der Waals surface area contributed by atoms with Crippen LogP contribution in [0.15, 0.2) is 53.9 Å². The Kier molecular flexibility index (Phi) is 6.24. The summed E-state index contributed by atoms with van der Waals surface area (Å²) in [6.07, 6.45) is 9.52. The summed E-state index contributed by atoms with van der Waals surface area (Å²) >= 11 is 1.45. The van der Waals surface area contributed by atoms with Crippen molar-refractivity contribution in [3.63, 3.8) is 0 Å². The summed E-state index contributed by atoms with van der Waals surface area (Å²) in [5, 5.41) is 12.7. The molecule has 0 bridgehead atoms. The number of thioether (sulfide) groups is 1. The molecule has 2 aromatic heterocycles. The summed E-state index contributed by atoms with van der Waals surface area (Å²) in [4.78, 5) is 16.6. The Balaban J connectivity index is 1.53. The number of nitrogens with one attached hydrogen (secondary N) is 1. The van der Waals surface area contributed by atoms with Crippen molar-refractivity contribution < 1.29 is 4.79 Å². The number of hydrogen-bond donors (Lipinski definition) is 1. The van der Waals surface area contributed by atoms with Gasteiger partial charge in [-0.15, -0.1) is 10.2 Å². The second kappa shape index (κ2) is 9.22. The van der Waals surface area contributed by atoms with Gasteiger partial charge >= 0.3 is 0 Å². The number of amides is 1. The molecule has 1 amide bonds. The molecule has 0 aliphatic heterocycles. The number of carbonyl (C=O) groups is 1. The van der Waals surface area contributed by atoms with Gasteiger partial charge in [0.05, 0.1) is 5.75 Å². The molecule has 0 spiro atoms. The fraction of sp³-hybridized carbons (Fsp3) is 0.364. The molecule has 2 heterocycles. The topological polar surface area (TPSA) is 72.7 Å². The lowest BCUT2D eigenvalue weighted by Crippen LogP contribution is -2.17. The van der Waals surface area contributed by atoms with Crippen molar-refractivity contribution >= 4 is 23.4 Å². The van der Waals surface area contributed by atoms with E-state index in [1.54, 1.807) is 12.4 Å². The molecule has 1 aliphatic carbocycles. The Hall–Kier alpha value is -2.67. The maximum absolute atomic E-state index is 12.5. The van der Waals surface area contributed by atoms with Crippen molar-refractivity contribution in [1.82, 2.24) is 19.7 Å². The van der Waals surface area contributed by atoms with E-state index in [0.717, 1.165) is 40.6 Å². The fourth-order valence-electron chi connectivity index (χ4n) is 3.77. The number of nitrogens with zero attached hydrogens (tertiary/aromatic N) is 4. The van der Waals surface area contributed by atoms with E-state index in [1.807, 2.05) is 43.3 Å². The number of benzene rings is 1. The molecule has 1 saturated carbocycles. The highest BCUT2D eigenvalue weighted by Crippen LogP contribution is 2.35. The molecule has 3 aromatic rings. The van der Waals surface area contributed by atoms with Crippen LogP contribution in [0, 0.1) is 6.92 Å². The predicted octanol–water partition coefficient (Wildman–Crippen LogP) is 4.88. The number of para-hydroxylation sites is 1. The first-order valence-corrected chi connectivity index (χ1v) is 11.0. The zero-order chi connectivity index (χ0) is 20.1. The SMILES string of the molecule is Cc1ccccc1NC(=O)CSc1nnc(-c2ccncc2)n1C1CCCCC1. The predicted molar refractivity (Wildman–Crippen MR) is 116 cm³/mol. The zero-order valence-electron chi connectivity index (χ0n) is 16.5. The highest BCUT2D eigenvalue weighted by molar-refractivity contribution is 7.99. The molecule has 0 atom stereocenters. The van der Waals surface area contributed by atoms with Crippen LogP contribution in [0.25, 0.3) is 11.4 Å². The first-order chi connectivity index (χ1) is 14.2. The zero-order valence-corrected chi connectivity index (χ0v) is 17.4.